The molecule has 1 aromatic rings. The zero-order chi connectivity index (χ0) is 39.4. The highest BCUT2D eigenvalue weighted by Gasteiger charge is 2.49. The molecule has 3 aliphatic rings. The summed E-state index contributed by atoms with van der Waals surface area (Å²) in [6, 6.07) is 3.72. The molecule has 298 valence electrons. The SMILES string of the molecule is CC(=O)N[C@H](C(=O)NC(C(=O)N[C@@H](CCCN=C(N)N)C(=O)N1[C@H](C(=O)N[C@@H](Cc2ccccc2)C(=O)O)C[C@@H]2CCCC[C@@H]21)C1CCCCC1)C(C)C. The largest absolute Gasteiger partial charge is 0.480 e. The molecule has 0 radical (unpaired) electrons. The van der Waals surface area contributed by atoms with E-state index >= 15 is 0 Å². The van der Waals surface area contributed by atoms with Crippen molar-refractivity contribution in [3.8, 4) is 0 Å². The van der Waals surface area contributed by atoms with E-state index in [0.717, 1.165) is 44.1 Å². The number of aliphatic carboxylic acids is 1. The van der Waals surface area contributed by atoms with Crippen molar-refractivity contribution in [3.63, 3.8) is 0 Å². The van der Waals surface area contributed by atoms with Crippen molar-refractivity contribution < 1.29 is 33.9 Å². The minimum absolute atomic E-state index is 0.0462. The van der Waals surface area contributed by atoms with Crippen LogP contribution >= 0.6 is 0 Å². The molecule has 0 bridgehead atoms. The number of nitrogens with two attached hydrogens (primary N) is 2. The number of rotatable bonds is 17. The number of benzene rings is 1. The molecule has 5 amide bonds. The number of amides is 5. The first-order valence-electron chi connectivity index (χ1n) is 19.6. The molecule has 1 aromatic carbocycles. The molecule has 54 heavy (non-hydrogen) atoms. The van der Waals surface area contributed by atoms with Crippen LogP contribution in [-0.4, -0.2) is 94.3 Å². The van der Waals surface area contributed by atoms with Crippen LogP contribution in [0.1, 0.15) is 103 Å². The Morgan fingerprint density at radius 3 is 2.15 bits per heavy atom. The van der Waals surface area contributed by atoms with Gasteiger partial charge in [0.2, 0.25) is 29.5 Å². The van der Waals surface area contributed by atoms with Gasteiger partial charge in [0.25, 0.3) is 0 Å². The standard InChI is InChI=1S/C39H60N8O7/c1-23(2)32(43-24(3)48)35(50)46-33(26-15-8-5-9-16-26)36(51)44-28(18-12-20-42-39(40)41)37(52)47-30-19-11-10-17-27(30)22-31(47)34(49)45-29(38(53)54)21-25-13-6-4-7-14-25/h4,6-7,13-14,23,26-33H,5,8-12,15-22H2,1-3H3,(H,43,48)(H,44,51)(H,45,49)(H,46,50)(H,53,54)(H4,40,41,42)/t27-,28-,29-,30-,31-,32-,33?/m0/s1. The minimum Gasteiger partial charge on any atom is -0.480 e. The fourth-order valence-corrected chi connectivity index (χ4v) is 8.39. The van der Waals surface area contributed by atoms with E-state index in [4.69, 9.17) is 11.5 Å². The number of likely N-dealkylation sites (tertiary alicyclic amines) is 1. The molecule has 2 aliphatic carbocycles. The van der Waals surface area contributed by atoms with E-state index in [2.05, 4.69) is 26.3 Å². The maximum absolute atomic E-state index is 14.8. The molecular formula is C39H60N8O7. The van der Waals surface area contributed by atoms with Gasteiger partial charge in [-0.25, -0.2) is 4.79 Å². The summed E-state index contributed by atoms with van der Waals surface area (Å²) in [5.41, 5.74) is 11.9. The summed E-state index contributed by atoms with van der Waals surface area (Å²) in [7, 11) is 0. The highest BCUT2D eigenvalue weighted by Crippen LogP contribution is 2.40. The number of nitrogens with zero attached hydrogens (tertiary/aromatic N) is 2. The highest BCUT2D eigenvalue weighted by molar-refractivity contribution is 5.96. The zero-order valence-electron chi connectivity index (χ0n) is 31.9. The quantitative estimate of drug-likeness (QED) is 0.0696. The molecule has 1 aliphatic heterocycles. The van der Waals surface area contributed by atoms with Crippen molar-refractivity contribution in [2.45, 2.75) is 140 Å². The molecule has 15 nitrogen and oxygen atoms in total. The second kappa shape index (κ2) is 20.1. The number of hydrogen-bond acceptors (Lipinski definition) is 7. The van der Waals surface area contributed by atoms with Crippen molar-refractivity contribution >= 4 is 41.5 Å². The number of fused-ring (bicyclic) bond motifs is 1. The summed E-state index contributed by atoms with van der Waals surface area (Å²) in [6.07, 6.45) is 8.50. The number of carboxylic acids is 1. The van der Waals surface area contributed by atoms with Crippen molar-refractivity contribution in [1.29, 1.82) is 0 Å². The Bertz CT molecular complexity index is 1490. The van der Waals surface area contributed by atoms with Crippen LogP contribution in [0.4, 0.5) is 0 Å². The van der Waals surface area contributed by atoms with Gasteiger partial charge in [-0.1, -0.05) is 76.3 Å². The maximum atomic E-state index is 14.8. The van der Waals surface area contributed by atoms with E-state index in [1.807, 2.05) is 19.9 Å². The van der Waals surface area contributed by atoms with Gasteiger partial charge < -0.3 is 42.7 Å². The monoisotopic (exact) mass is 752 g/mol. The van der Waals surface area contributed by atoms with E-state index in [9.17, 15) is 33.9 Å². The molecule has 15 heteroatoms. The van der Waals surface area contributed by atoms with E-state index in [0.29, 0.717) is 32.1 Å². The predicted octanol–water partition coefficient (Wildman–Crippen LogP) is 1.72. The average Bonchev–Trinajstić information content (AvgIpc) is 3.53. The minimum atomic E-state index is -1.21. The molecule has 9 N–H and O–H groups in total. The molecule has 1 unspecified atom stereocenters. The van der Waals surface area contributed by atoms with Gasteiger partial charge in [-0.15, -0.1) is 0 Å². The molecule has 0 spiro atoms. The normalized spacial score (nSPS) is 22.1. The lowest BCUT2D eigenvalue weighted by molar-refractivity contribution is -0.146. The van der Waals surface area contributed by atoms with E-state index in [1.165, 1.54) is 6.92 Å². The first-order valence-corrected chi connectivity index (χ1v) is 19.6. The summed E-state index contributed by atoms with van der Waals surface area (Å²) in [5, 5.41) is 21.4. The fourth-order valence-electron chi connectivity index (χ4n) is 8.39. The van der Waals surface area contributed by atoms with E-state index < -0.39 is 59.8 Å². The van der Waals surface area contributed by atoms with Gasteiger partial charge in [0.15, 0.2) is 5.96 Å². The Labute approximate surface area is 318 Å². The van der Waals surface area contributed by atoms with Crippen LogP contribution in [0.2, 0.25) is 0 Å². The predicted molar refractivity (Wildman–Crippen MR) is 203 cm³/mol. The third-order valence-electron chi connectivity index (χ3n) is 11.1. The molecule has 0 aromatic heterocycles. The Kier molecular flexibility index (Phi) is 15.7. The smallest absolute Gasteiger partial charge is 0.326 e. The van der Waals surface area contributed by atoms with Crippen molar-refractivity contribution in [2.75, 3.05) is 6.54 Å². The lowest BCUT2D eigenvalue weighted by Crippen LogP contribution is -2.61. The fraction of sp³-hybridized carbons (Fsp3) is 0.667. The number of aliphatic imine (C=N–C) groups is 1. The van der Waals surface area contributed by atoms with Crippen molar-refractivity contribution in [3.05, 3.63) is 35.9 Å². The molecule has 1 heterocycles. The van der Waals surface area contributed by atoms with E-state index in [1.54, 1.807) is 29.2 Å². The molecular weight excluding hydrogens is 692 g/mol. The Morgan fingerprint density at radius 1 is 0.852 bits per heavy atom. The number of carbonyl (C=O) groups is 6. The number of guanidine groups is 1. The second-order valence-corrected chi connectivity index (χ2v) is 15.5. The Hall–Kier alpha value is -4.69. The van der Waals surface area contributed by atoms with Crippen LogP contribution in [0.15, 0.2) is 35.3 Å². The van der Waals surface area contributed by atoms with Crippen LogP contribution in [0.3, 0.4) is 0 Å². The van der Waals surface area contributed by atoms with Crippen molar-refractivity contribution in [1.82, 2.24) is 26.2 Å². The van der Waals surface area contributed by atoms with Crippen LogP contribution in [-0.2, 0) is 35.2 Å². The van der Waals surface area contributed by atoms with E-state index in [-0.39, 0.29) is 55.0 Å². The average molecular weight is 753 g/mol. The lowest BCUT2D eigenvalue weighted by Gasteiger charge is -2.37. The third kappa shape index (κ3) is 11.7. The highest BCUT2D eigenvalue weighted by atomic mass is 16.4. The topological polar surface area (TPSA) is 238 Å². The number of carbonyl (C=O) groups excluding carboxylic acids is 5. The van der Waals surface area contributed by atoms with Crippen LogP contribution in [0.5, 0.6) is 0 Å². The molecule has 7 atom stereocenters. The van der Waals surface area contributed by atoms with Crippen LogP contribution < -0.4 is 32.7 Å². The van der Waals surface area contributed by atoms with Gasteiger partial charge >= 0.3 is 5.97 Å². The summed E-state index contributed by atoms with van der Waals surface area (Å²) < 4.78 is 0. The Morgan fingerprint density at radius 2 is 1.52 bits per heavy atom. The summed E-state index contributed by atoms with van der Waals surface area (Å²) in [5.74, 6) is -4.02. The molecule has 2 saturated carbocycles. The first kappa shape index (κ1) is 42.1. The molecule has 3 fully saturated rings. The van der Waals surface area contributed by atoms with Gasteiger partial charge in [0.05, 0.1) is 0 Å². The summed E-state index contributed by atoms with van der Waals surface area (Å²) in [6.45, 7) is 5.15. The summed E-state index contributed by atoms with van der Waals surface area (Å²) in [4.78, 5) is 86.7. The van der Waals surface area contributed by atoms with Crippen molar-refractivity contribution in [2.24, 2.45) is 34.2 Å². The lowest BCUT2D eigenvalue weighted by atomic mass is 9.83. The summed E-state index contributed by atoms with van der Waals surface area (Å²) >= 11 is 0. The first-order chi connectivity index (χ1) is 25.8. The number of carboxylic acid groups (broad SMARTS) is 1. The van der Waals surface area contributed by atoms with Gasteiger partial charge in [-0.3, -0.25) is 29.0 Å². The Balaban J connectivity index is 1.62. The zero-order valence-corrected chi connectivity index (χ0v) is 31.9. The third-order valence-corrected chi connectivity index (χ3v) is 11.1. The van der Waals surface area contributed by atoms with Gasteiger partial charge in [-0.2, -0.15) is 0 Å². The molecule has 1 saturated heterocycles. The molecule has 4 rings (SSSR count). The van der Waals surface area contributed by atoms with Gasteiger partial charge in [0.1, 0.15) is 30.2 Å². The van der Waals surface area contributed by atoms with Crippen LogP contribution in [0.25, 0.3) is 0 Å². The number of hydrogen-bond donors (Lipinski definition) is 7. The van der Waals surface area contributed by atoms with Crippen LogP contribution in [0, 0.1) is 17.8 Å². The second-order valence-electron chi connectivity index (χ2n) is 15.5. The van der Waals surface area contributed by atoms with Gasteiger partial charge in [0, 0.05) is 25.9 Å². The van der Waals surface area contributed by atoms with Gasteiger partial charge in [-0.05, 0) is 68.3 Å². The maximum Gasteiger partial charge on any atom is 0.326 e. The number of nitrogens with one attached hydrogen (secondary N) is 4.